The molecule has 8 heteroatoms. The molecule has 1 aliphatic carbocycles. The van der Waals surface area contributed by atoms with Gasteiger partial charge in [0.2, 0.25) is 0 Å². The lowest BCUT2D eigenvalue weighted by atomic mass is 9.69. The zero-order valence-corrected chi connectivity index (χ0v) is 20.0. The molecule has 2 heterocycles. The monoisotopic (exact) mass is 467 g/mol. The Morgan fingerprint density at radius 3 is 2.58 bits per heavy atom. The summed E-state index contributed by atoms with van der Waals surface area (Å²) in [4.78, 5) is 45.5. The van der Waals surface area contributed by atoms with Crippen molar-refractivity contribution in [2.75, 3.05) is 11.1 Å². The molecule has 174 valence electrons. The Morgan fingerprint density at radius 2 is 1.91 bits per heavy atom. The van der Waals surface area contributed by atoms with Crippen LogP contribution >= 0.6 is 11.8 Å². The van der Waals surface area contributed by atoms with Crippen LogP contribution in [0, 0.1) is 5.41 Å². The number of allylic oxidation sites excluding steroid dienone is 2. The van der Waals surface area contributed by atoms with E-state index in [-0.39, 0.29) is 22.3 Å². The molecule has 2 aliphatic rings. The number of carboxylic acid groups (broad SMARTS) is 1. The summed E-state index contributed by atoms with van der Waals surface area (Å²) >= 11 is 1.52. The van der Waals surface area contributed by atoms with Gasteiger partial charge >= 0.3 is 5.97 Å². The van der Waals surface area contributed by atoms with Crippen LogP contribution < -0.4 is 10.9 Å². The number of Topliss-reactive ketones (excluding diaryl/α,β-unsaturated/α-hetero) is 1. The number of fused-ring (bicyclic) bond motifs is 1. The van der Waals surface area contributed by atoms with Crippen molar-refractivity contribution in [3.63, 3.8) is 0 Å². The van der Waals surface area contributed by atoms with Crippen molar-refractivity contribution >= 4 is 29.3 Å². The Morgan fingerprint density at radius 1 is 1.18 bits per heavy atom. The van der Waals surface area contributed by atoms with E-state index in [1.165, 1.54) is 23.9 Å². The number of benzene rings is 1. The summed E-state index contributed by atoms with van der Waals surface area (Å²) in [5.74, 6) is -0.253. The normalized spacial score (nSPS) is 19.0. The lowest BCUT2D eigenvalue weighted by Crippen LogP contribution is -2.37. The predicted molar refractivity (Wildman–Crippen MR) is 129 cm³/mol. The number of aromatic carboxylic acids is 1. The summed E-state index contributed by atoms with van der Waals surface area (Å²) in [6.45, 7) is 6.26. The van der Waals surface area contributed by atoms with Gasteiger partial charge in [-0.05, 0) is 36.0 Å². The van der Waals surface area contributed by atoms with Gasteiger partial charge in [-0.3, -0.25) is 9.59 Å². The number of thioether (sulfide) groups is 1. The molecule has 1 atom stereocenters. The number of hydrogen-bond donors (Lipinski definition) is 3. The van der Waals surface area contributed by atoms with E-state index in [1.807, 2.05) is 0 Å². The first-order valence-corrected chi connectivity index (χ1v) is 12.3. The zero-order chi connectivity index (χ0) is 23.8. The molecule has 3 N–H and O–H groups in total. The number of hydrogen-bond acceptors (Lipinski definition) is 6. The average molecular weight is 468 g/mol. The Balaban J connectivity index is 1.81. The Kier molecular flexibility index (Phi) is 6.47. The molecule has 0 radical (unpaired) electrons. The van der Waals surface area contributed by atoms with Crippen LogP contribution in [-0.4, -0.2) is 32.6 Å². The van der Waals surface area contributed by atoms with E-state index in [2.05, 4.69) is 31.1 Å². The Labute approximate surface area is 197 Å². The molecule has 0 saturated heterocycles. The van der Waals surface area contributed by atoms with E-state index in [0.29, 0.717) is 40.5 Å². The summed E-state index contributed by atoms with van der Waals surface area (Å²) < 4.78 is 0. The summed E-state index contributed by atoms with van der Waals surface area (Å²) in [5.41, 5.74) is 2.18. The molecule has 0 amide bonds. The second kappa shape index (κ2) is 9.17. The smallest absolute Gasteiger partial charge is 0.335 e. The molecule has 0 fully saturated rings. The van der Waals surface area contributed by atoms with Gasteiger partial charge in [-0.25, -0.2) is 9.78 Å². The summed E-state index contributed by atoms with van der Waals surface area (Å²) in [7, 11) is 0. The summed E-state index contributed by atoms with van der Waals surface area (Å²) in [6.07, 6.45) is 4.36. The molecule has 1 unspecified atom stereocenters. The number of ketones is 1. The van der Waals surface area contributed by atoms with Crippen LogP contribution in [0.25, 0.3) is 0 Å². The third kappa shape index (κ3) is 4.76. The number of carbonyl (C=O) groups excluding carboxylic acids is 1. The molecule has 4 rings (SSSR count). The van der Waals surface area contributed by atoms with Crippen molar-refractivity contribution < 1.29 is 14.7 Å². The van der Waals surface area contributed by atoms with Crippen molar-refractivity contribution in [1.82, 2.24) is 9.97 Å². The van der Waals surface area contributed by atoms with Crippen LogP contribution in [0.3, 0.4) is 0 Å². The number of aromatic nitrogens is 2. The Bertz CT molecular complexity index is 1180. The molecule has 0 saturated carbocycles. The fraction of sp³-hybridized carbons (Fsp3) is 0.440. The standard InChI is InChI=1S/C25H29N3O4S/c1-4-5-6-11-33-24-27-21-20(22(30)28-24)18(14-7-9-15(10-8-14)23(31)32)19-16(26-21)12-25(2,3)13-17(19)29/h7-10,18H,4-6,11-13H2,1-3H3,(H,31,32)(H2,26,27,28,30). The second-order valence-electron chi connectivity index (χ2n) is 9.51. The predicted octanol–water partition coefficient (Wildman–Crippen LogP) is 4.95. The minimum Gasteiger partial charge on any atom is -0.478 e. The maximum atomic E-state index is 13.3. The minimum atomic E-state index is -1.02. The highest BCUT2D eigenvalue weighted by molar-refractivity contribution is 7.99. The number of anilines is 1. The summed E-state index contributed by atoms with van der Waals surface area (Å²) in [5, 5.41) is 13.1. The van der Waals surface area contributed by atoms with E-state index in [4.69, 9.17) is 4.98 Å². The van der Waals surface area contributed by atoms with Gasteiger partial charge < -0.3 is 15.4 Å². The van der Waals surface area contributed by atoms with Crippen LogP contribution in [-0.2, 0) is 4.79 Å². The largest absolute Gasteiger partial charge is 0.478 e. The second-order valence-corrected chi connectivity index (χ2v) is 10.6. The van der Waals surface area contributed by atoms with Crippen molar-refractivity contribution in [2.45, 2.75) is 63.9 Å². The van der Waals surface area contributed by atoms with Crippen LogP contribution in [0.4, 0.5) is 5.82 Å². The number of aromatic amines is 1. The molecule has 1 aromatic heterocycles. The molecule has 0 bridgehead atoms. The molecule has 2 aromatic rings. The van der Waals surface area contributed by atoms with Gasteiger partial charge in [0.15, 0.2) is 10.9 Å². The first-order chi connectivity index (χ1) is 15.7. The maximum absolute atomic E-state index is 13.3. The van der Waals surface area contributed by atoms with E-state index >= 15 is 0 Å². The first kappa shape index (κ1) is 23.3. The van der Waals surface area contributed by atoms with E-state index < -0.39 is 11.9 Å². The van der Waals surface area contributed by atoms with Crippen LogP contribution in [0.2, 0.25) is 0 Å². The first-order valence-electron chi connectivity index (χ1n) is 11.3. The SMILES string of the molecule is CCCCCSc1nc2c(c(=O)[nH]1)C(c1ccc(C(=O)O)cc1)C1=C(CC(C)(C)CC1=O)N2. The minimum absolute atomic E-state index is 0.00382. The maximum Gasteiger partial charge on any atom is 0.335 e. The quantitative estimate of drug-likeness (QED) is 0.300. The number of H-pyrrole nitrogens is 1. The topological polar surface area (TPSA) is 112 Å². The summed E-state index contributed by atoms with van der Waals surface area (Å²) in [6, 6.07) is 6.40. The Hall–Kier alpha value is -2.87. The number of nitrogens with one attached hydrogen (secondary N) is 2. The van der Waals surface area contributed by atoms with Crippen LogP contribution in [0.15, 0.2) is 45.5 Å². The number of nitrogens with zero attached hydrogens (tertiary/aromatic N) is 1. The van der Waals surface area contributed by atoms with Gasteiger partial charge in [0.25, 0.3) is 5.56 Å². The highest BCUT2D eigenvalue weighted by Gasteiger charge is 2.42. The highest BCUT2D eigenvalue weighted by atomic mass is 32.2. The fourth-order valence-corrected chi connectivity index (χ4v) is 5.50. The van der Waals surface area contributed by atoms with Crippen molar-refractivity contribution in [2.24, 2.45) is 5.41 Å². The number of carboxylic acids is 1. The number of rotatable bonds is 7. The van der Waals surface area contributed by atoms with E-state index in [1.54, 1.807) is 12.1 Å². The molecule has 7 nitrogen and oxygen atoms in total. The molecular weight excluding hydrogens is 438 g/mol. The lowest BCUT2D eigenvalue weighted by Gasteiger charge is -2.38. The molecule has 33 heavy (non-hydrogen) atoms. The lowest BCUT2D eigenvalue weighted by molar-refractivity contribution is -0.118. The third-order valence-corrected chi connectivity index (χ3v) is 7.14. The van der Waals surface area contributed by atoms with Gasteiger partial charge in [-0.1, -0.05) is 57.5 Å². The van der Waals surface area contributed by atoms with Crippen LogP contribution in [0.5, 0.6) is 0 Å². The van der Waals surface area contributed by atoms with Crippen molar-refractivity contribution in [1.29, 1.82) is 0 Å². The van der Waals surface area contributed by atoms with Gasteiger partial charge in [0.05, 0.1) is 11.1 Å². The van der Waals surface area contributed by atoms with E-state index in [0.717, 1.165) is 30.7 Å². The third-order valence-electron chi connectivity index (χ3n) is 6.18. The van der Waals surface area contributed by atoms with Crippen molar-refractivity contribution in [3.05, 3.63) is 62.6 Å². The average Bonchev–Trinajstić information content (AvgIpc) is 2.74. The highest BCUT2D eigenvalue weighted by Crippen LogP contribution is 2.47. The molecule has 1 aliphatic heterocycles. The van der Waals surface area contributed by atoms with E-state index in [9.17, 15) is 19.5 Å². The number of carbonyl (C=O) groups is 2. The van der Waals surface area contributed by atoms with Gasteiger partial charge in [-0.2, -0.15) is 0 Å². The van der Waals surface area contributed by atoms with Gasteiger partial charge in [-0.15, -0.1) is 0 Å². The fourth-order valence-electron chi connectivity index (χ4n) is 4.63. The molecular formula is C25H29N3O4S. The zero-order valence-electron chi connectivity index (χ0n) is 19.2. The number of unbranched alkanes of at least 4 members (excludes halogenated alkanes) is 2. The molecule has 0 spiro atoms. The van der Waals surface area contributed by atoms with Gasteiger partial charge in [0, 0.05) is 29.4 Å². The molecule has 1 aromatic carbocycles. The van der Waals surface area contributed by atoms with Crippen molar-refractivity contribution in [3.8, 4) is 0 Å². The van der Waals surface area contributed by atoms with Crippen LogP contribution in [0.1, 0.15) is 80.3 Å². The van der Waals surface area contributed by atoms with Gasteiger partial charge in [0.1, 0.15) is 5.82 Å².